The number of hydrogen-bond donors (Lipinski definition) is 1. The Labute approximate surface area is 105 Å². The van der Waals surface area contributed by atoms with Crippen molar-refractivity contribution in [1.82, 2.24) is 0 Å². The van der Waals surface area contributed by atoms with Gasteiger partial charge in [0.15, 0.2) is 0 Å². The predicted octanol–water partition coefficient (Wildman–Crippen LogP) is 2.92. The monoisotopic (exact) mass is 245 g/mol. The normalized spacial score (nSPS) is 10.3. The highest BCUT2D eigenvalue weighted by Crippen LogP contribution is 2.22. The Kier molecular flexibility index (Phi) is 3.37. The van der Waals surface area contributed by atoms with E-state index in [1.54, 1.807) is 24.5 Å². The van der Waals surface area contributed by atoms with Crippen molar-refractivity contribution in [1.29, 1.82) is 0 Å². The molecule has 0 spiro atoms. The first-order chi connectivity index (χ1) is 8.59. The van der Waals surface area contributed by atoms with Gasteiger partial charge in [0.05, 0.1) is 17.5 Å². The summed E-state index contributed by atoms with van der Waals surface area (Å²) in [5, 5.41) is 9.15. The lowest BCUT2D eigenvalue weighted by molar-refractivity contribution is 0.0697. The van der Waals surface area contributed by atoms with E-state index in [1.165, 1.54) is 0 Å². The number of anilines is 1. The Morgan fingerprint density at radius 1 is 1.33 bits per heavy atom. The molecule has 4 heteroatoms. The summed E-state index contributed by atoms with van der Waals surface area (Å²) in [5.74, 6) is -0.0592. The molecule has 0 unspecified atom stereocenters. The van der Waals surface area contributed by atoms with Crippen LogP contribution in [0.2, 0.25) is 0 Å². The van der Waals surface area contributed by atoms with E-state index in [9.17, 15) is 4.79 Å². The third-order valence-corrected chi connectivity index (χ3v) is 2.92. The molecule has 4 nitrogen and oxygen atoms in total. The number of hydrogen-bond acceptors (Lipinski definition) is 3. The average molecular weight is 245 g/mol. The van der Waals surface area contributed by atoms with Crippen LogP contribution >= 0.6 is 0 Å². The minimum Gasteiger partial charge on any atom is -0.478 e. The van der Waals surface area contributed by atoms with Gasteiger partial charge in [0.2, 0.25) is 0 Å². The van der Waals surface area contributed by atoms with Crippen molar-refractivity contribution in [2.45, 2.75) is 13.5 Å². The summed E-state index contributed by atoms with van der Waals surface area (Å²) < 4.78 is 5.24. The van der Waals surface area contributed by atoms with E-state index >= 15 is 0 Å². The molecular weight excluding hydrogens is 230 g/mol. The Morgan fingerprint density at radius 2 is 2.06 bits per heavy atom. The molecule has 0 saturated carbocycles. The first-order valence-electron chi connectivity index (χ1n) is 5.66. The topological polar surface area (TPSA) is 53.7 Å². The van der Waals surface area contributed by atoms with Gasteiger partial charge < -0.3 is 14.4 Å². The maximum atomic E-state index is 11.2. The van der Waals surface area contributed by atoms with E-state index in [2.05, 4.69) is 0 Å². The van der Waals surface area contributed by atoms with Crippen molar-refractivity contribution >= 4 is 11.7 Å². The third-order valence-electron chi connectivity index (χ3n) is 2.92. The summed E-state index contributed by atoms with van der Waals surface area (Å²) in [6.45, 7) is 2.51. The summed E-state index contributed by atoms with van der Waals surface area (Å²) in [7, 11) is 1.87. The molecule has 18 heavy (non-hydrogen) atoms. The van der Waals surface area contributed by atoms with Crippen LogP contribution in [0.5, 0.6) is 0 Å². The van der Waals surface area contributed by atoms with E-state index in [0.29, 0.717) is 17.8 Å². The highest BCUT2D eigenvalue weighted by molar-refractivity contribution is 5.94. The molecule has 0 atom stereocenters. The highest BCUT2D eigenvalue weighted by atomic mass is 16.4. The second-order valence-corrected chi connectivity index (χ2v) is 4.18. The Hall–Kier alpha value is -2.23. The van der Waals surface area contributed by atoms with Crippen LogP contribution in [0.25, 0.3) is 0 Å². The molecule has 0 saturated heterocycles. The number of carboxylic acid groups (broad SMARTS) is 1. The second-order valence-electron chi connectivity index (χ2n) is 4.18. The first kappa shape index (κ1) is 12.2. The van der Waals surface area contributed by atoms with Crippen molar-refractivity contribution < 1.29 is 14.3 Å². The van der Waals surface area contributed by atoms with Crippen LogP contribution in [-0.2, 0) is 6.54 Å². The molecule has 1 aromatic heterocycles. The van der Waals surface area contributed by atoms with Crippen LogP contribution in [0.4, 0.5) is 5.69 Å². The van der Waals surface area contributed by atoms with Crippen LogP contribution in [0.3, 0.4) is 0 Å². The van der Waals surface area contributed by atoms with Gasteiger partial charge in [-0.3, -0.25) is 0 Å². The summed E-state index contributed by atoms with van der Waals surface area (Å²) in [5.41, 5.74) is 2.06. The lowest BCUT2D eigenvalue weighted by Gasteiger charge is -2.20. The van der Waals surface area contributed by atoms with Crippen LogP contribution in [0.15, 0.2) is 41.0 Å². The lowest BCUT2D eigenvalue weighted by atomic mass is 10.1. The number of aryl methyl sites for hydroxylation is 1. The second kappa shape index (κ2) is 4.96. The lowest BCUT2D eigenvalue weighted by Crippen LogP contribution is -2.19. The third kappa shape index (κ3) is 2.37. The molecule has 1 N–H and O–H groups in total. The zero-order chi connectivity index (χ0) is 13.1. The van der Waals surface area contributed by atoms with E-state index in [1.807, 2.05) is 31.0 Å². The van der Waals surface area contributed by atoms with Gasteiger partial charge in [-0.05, 0) is 25.1 Å². The van der Waals surface area contributed by atoms with E-state index < -0.39 is 5.97 Å². The number of carboxylic acids is 1. The number of para-hydroxylation sites is 1. The molecule has 2 rings (SSSR count). The maximum absolute atomic E-state index is 11.2. The molecule has 0 radical (unpaired) electrons. The molecule has 1 heterocycles. The van der Waals surface area contributed by atoms with Crippen molar-refractivity contribution in [3.63, 3.8) is 0 Å². The maximum Gasteiger partial charge on any atom is 0.337 e. The van der Waals surface area contributed by atoms with Crippen molar-refractivity contribution in [2.24, 2.45) is 0 Å². The molecule has 0 fully saturated rings. The van der Waals surface area contributed by atoms with Gasteiger partial charge in [0.1, 0.15) is 5.76 Å². The van der Waals surface area contributed by atoms with Gasteiger partial charge in [-0.15, -0.1) is 0 Å². The Morgan fingerprint density at radius 3 is 2.67 bits per heavy atom. The van der Waals surface area contributed by atoms with E-state index in [4.69, 9.17) is 9.52 Å². The molecule has 0 bridgehead atoms. The van der Waals surface area contributed by atoms with Gasteiger partial charge >= 0.3 is 5.97 Å². The Balaban J connectivity index is 2.26. The summed E-state index contributed by atoms with van der Waals surface area (Å²) >= 11 is 0. The number of carbonyl (C=O) groups is 1. The van der Waals surface area contributed by atoms with Crippen molar-refractivity contribution in [3.05, 3.63) is 53.5 Å². The fourth-order valence-electron chi connectivity index (χ4n) is 1.90. The molecular formula is C14H15NO3. The molecule has 0 aliphatic heterocycles. The SMILES string of the molecule is Cc1occc1CN(C)c1ccccc1C(=O)O. The molecule has 0 aliphatic carbocycles. The molecule has 0 amide bonds. The van der Waals surface area contributed by atoms with Gasteiger partial charge in [0, 0.05) is 19.2 Å². The number of nitrogens with zero attached hydrogens (tertiary/aromatic N) is 1. The Bertz CT molecular complexity index is 560. The highest BCUT2D eigenvalue weighted by Gasteiger charge is 2.13. The van der Waals surface area contributed by atoms with Crippen molar-refractivity contribution in [2.75, 3.05) is 11.9 Å². The van der Waals surface area contributed by atoms with E-state index in [0.717, 1.165) is 11.3 Å². The van der Waals surface area contributed by atoms with Gasteiger partial charge in [0.25, 0.3) is 0 Å². The smallest absolute Gasteiger partial charge is 0.337 e. The number of aromatic carboxylic acids is 1. The number of benzene rings is 1. The van der Waals surface area contributed by atoms with Crippen LogP contribution in [0.1, 0.15) is 21.7 Å². The largest absolute Gasteiger partial charge is 0.478 e. The molecule has 0 aliphatic rings. The zero-order valence-electron chi connectivity index (χ0n) is 10.4. The minimum atomic E-state index is -0.915. The quantitative estimate of drug-likeness (QED) is 0.899. The summed E-state index contributed by atoms with van der Waals surface area (Å²) in [6.07, 6.45) is 1.64. The zero-order valence-corrected chi connectivity index (χ0v) is 10.4. The predicted molar refractivity (Wildman–Crippen MR) is 69.0 cm³/mol. The summed E-state index contributed by atoms with van der Waals surface area (Å²) in [6, 6.07) is 8.87. The fourth-order valence-corrected chi connectivity index (χ4v) is 1.90. The number of furan rings is 1. The van der Waals surface area contributed by atoms with Crippen LogP contribution in [-0.4, -0.2) is 18.1 Å². The van der Waals surface area contributed by atoms with Crippen molar-refractivity contribution in [3.8, 4) is 0 Å². The molecule has 94 valence electrons. The van der Waals surface area contributed by atoms with Crippen LogP contribution in [0, 0.1) is 6.92 Å². The van der Waals surface area contributed by atoms with Crippen LogP contribution < -0.4 is 4.90 Å². The first-order valence-corrected chi connectivity index (χ1v) is 5.66. The van der Waals surface area contributed by atoms with Gasteiger partial charge in [-0.1, -0.05) is 12.1 Å². The fraction of sp³-hybridized carbons (Fsp3) is 0.214. The number of rotatable bonds is 4. The minimum absolute atomic E-state index is 0.307. The standard InChI is InChI=1S/C14H15NO3/c1-10-11(7-8-18-10)9-15(2)13-6-4-3-5-12(13)14(16)17/h3-8H,9H2,1-2H3,(H,16,17). The van der Waals surface area contributed by atoms with Gasteiger partial charge in [-0.25, -0.2) is 4.79 Å². The average Bonchev–Trinajstić information content (AvgIpc) is 2.75. The molecule has 1 aromatic carbocycles. The van der Waals surface area contributed by atoms with E-state index in [-0.39, 0.29) is 0 Å². The van der Waals surface area contributed by atoms with Gasteiger partial charge in [-0.2, -0.15) is 0 Å². The summed E-state index contributed by atoms with van der Waals surface area (Å²) in [4.78, 5) is 13.1. The molecule has 2 aromatic rings.